The molecule has 0 aliphatic rings. The van der Waals surface area contributed by atoms with Gasteiger partial charge in [-0.3, -0.25) is 0 Å². The van der Waals surface area contributed by atoms with E-state index in [-0.39, 0.29) is 0 Å². The molecule has 0 fully saturated rings. The number of unbranched alkanes of at least 4 members (excludes halogenated alkanes) is 7. The van der Waals surface area contributed by atoms with Gasteiger partial charge in [0.2, 0.25) is 0 Å². The van der Waals surface area contributed by atoms with Crippen LogP contribution in [0.5, 0.6) is 0 Å². The maximum Gasteiger partial charge on any atom is -0.0238 e. The highest BCUT2D eigenvalue weighted by atomic mass is 14.0. The van der Waals surface area contributed by atoms with Gasteiger partial charge in [0, 0.05) is 0 Å². The van der Waals surface area contributed by atoms with Crippen molar-refractivity contribution in [3.8, 4) is 0 Å². The molecule has 0 saturated carbocycles. The lowest BCUT2D eigenvalue weighted by atomic mass is 10.00. The van der Waals surface area contributed by atoms with Crippen LogP contribution < -0.4 is 0 Å². The summed E-state index contributed by atoms with van der Waals surface area (Å²) in [5, 5.41) is 0. The second-order valence-electron chi connectivity index (χ2n) is 8.12. The van der Waals surface area contributed by atoms with Gasteiger partial charge < -0.3 is 0 Å². The first kappa shape index (κ1) is 22.5. The number of benzene rings is 2. The van der Waals surface area contributed by atoms with E-state index in [0.717, 1.165) is 19.3 Å². The van der Waals surface area contributed by atoms with Crippen LogP contribution in [0.1, 0.15) is 93.9 Å². The summed E-state index contributed by atoms with van der Waals surface area (Å²) in [4.78, 5) is 0. The zero-order valence-electron chi connectivity index (χ0n) is 18.3. The zero-order valence-corrected chi connectivity index (χ0v) is 18.3. The van der Waals surface area contributed by atoms with Crippen molar-refractivity contribution in [2.24, 2.45) is 0 Å². The third kappa shape index (κ3) is 9.40. The molecule has 0 aromatic heterocycles. The van der Waals surface area contributed by atoms with Crippen LogP contribution in [0.4, 0.5) is 0 Å². The number of hydrogen-bond acceptors (Lipinski definition) is 0. The van der Waals surface area contributed by atoms with Crippen LogP contribution in [0, 0.1) is 0 Å². The van der Waals surface area contributed by atoms with Crippen LogP contribution in [-0.2, 0) is 19.3 Å². The van der Waals surface area contributed by atoms with Crippen LogP contribution in [0.3, 0.4) is 0 Å². The first-order valence-electron chi connectivity index (χ1n) is 11.6. The average Bonchev–Trinajstić information content (AvgIpc) is 2.73. The molecule has 0 saturated heterocycles. The Bertz CT molecular complexity index is 663. The SMILES string of the molecule is CCC/C=C/c1cccc(CCc2ccc(CCCCCCCCC)cc2)c1. The third-order valence-electron chi connectivity index (χ3n) is 5.51. The molecule has 0 atom stereocenters. The zero-order chi connectivity index (χ0) is 19.9. The maximum absolute atomic E-state index is 2.34. The topological polar surface area (TPSA) is 0 Å². The summed E-state index contributed by atoms with van der Waals surface area (Å²) in [6.45, 7) is 4.51. The highest BCUT2D eigenvalue weighted by Crippen LogP contribution is 2.14. The summed E-state index contributed by atoms with van der Waals surface area (Å²) in [6.07, 6.45) is 20.1. The Morgan fingerprint density at radius 1 is 0.607 bits per heavy atom. The van der Waals surface area contributed by atoms with Crippen LogP contribution in [0.25, 0.3) is 6.08 Å². The standard InChI is InChI=1S/C28H40/c1-3-5-7-8-9-10-12-14-25-18-20-26(21-19-25)22-23-28-17-13-16-27(24-28)15-11-6-4-2/h11,13,15-21,24H,3-10,12,14,22-23H2,1-2H3/b15-11+. The fraction of sp³-hybridized carbons (Fsp3) is 0.500. The summed E-state index contributed by atoms with van der Waals surface area (Å²) in [5.74, 6) is 0. The molecule has 0 bridgehead atoms. The Kier molecular flexibility index (Phi) is 11.4. The van der Waals surface area contributed by atoms with E-state index < -0.39 is 0 Å². The first-order chi connectivity index (χ1) is 13.8. The van der Waals surface area contributed by atoms with Crippen LogP contribution in [-0.4, -0.2) is 0 Å². The van der Waals surface area contributed by atoms with E-state index in [9.17, 15) is 0 Å². The molecule has 0 aliphatic heterocycles. The average molecular weight is 377 g/mol. The fourth-order valence-corrected chi connectivity index (χ4v) is 3.69. The molecular weight excluding hydrogens is 336 g/mol. The summed E-state index contributed by atoms with van der Waals surface area (Å²) in [6, 6.07) is 18.3. The highest BCUT2D eigenvalue weighted by Gasteiger charge is 1.99. The molecule has 2 aromatic carbocycles. The lowest BCUT2D eigenvalue weighted by molar-refractivity contribution is 0.589. The lowest BCUT2D eigenvalue weighted by Crippen LogP contribution is -1.93. The smallest absolute Gasteiger partial charge is 0.0238 e. The number of rotatable bonds is 14. The molecule has 2 rings (SSSR count). The summed E-state index contributed by atoms with van der Waals surface area (Å²) >= 11 is 0. The quantitative estimate of drug-likeness (QED) is 0.290. The molecule has 0 nitrogen and oxygen atoms in total. The van der Waals surface area contributed by atoms with Crippen molar-refractivity contribution in [1.82, 2.24) is 0 Å². The Hall–Kier alpha value is -1.82. The van der Waals surface area contributed by atoms with Crippen molar-refractivity contribution in [3.63, 3.8) is 0 Å². The largest absolute Gasteiger partial charge is 0.0840 e. The van der Waals surface area contributed by atoms with Crippen LogP contribution >= 0.6 is 0 Å². The van der Waals surface area contributed by atoms with Crippen LogP contribution in [0.2, 0.25) is 0 Å². The minimum atomic E-state index is 1.12. The van der Waals surface area contributed by atoms with Gasteiger partial charge in [0.25, 0.3) is 0 Å². The maximum atomic E-state index is 2.34. The van der Waals surface area contributed by atoms with E-state index in [1.165, 1.54) is 80.0 Å². The molecule has 0 radical (unpaired) electrons. The van der Waals surface area contributed by atoms with Crippen molar-refractivity contribution in [3.05, 3.63) is 76.9 Å². The van der Waals surface area contributed by atoms with E-state index in [4.69, 9.17) is 0 Å². The highest BCUT2D eigenvalue weighted by molar-refractivity contribution is 5.50. The van der Waals surface area contributed by atoms with Gasteiger partial charge in [0.05, 0.1) is 0 Å². The minimum Gasteiger partial charge on any atom is -0.0840 e. The molecule has 0 heterocycles. The second-order valence-corrected chi connectivity index (χ2v) is 8.12. The van der Waals surface area contributed by atoms with Gasteiger partial charge in [-0.15, -0.1) is 0 Å². The van der Waals surface area contributed by atoms with E-state index in [1.807, 2.05) is 0 Å². The Morgan fingerprint density at radius 3 is 1.96 bits per heavy atom. The van der Waals surface area contributed by atoms with Gasteiger partial charge in [-0.25, -0.2) is 0 Å². The monoisotopic (exact) mass is 376 g/mol. The van der Waals surface area contributed by atoms with Gasteiger partial charge >= 0.3 is 0 Å². The van der Waals surface area contributed by atoms with Crippen molar-refractivity contribution >= 4 is 6.08 Å². The molecule has 0 heteroatoms. The molecule has 0 unspecified atom stereocenters. The van der Waals surface area contributed by atoms with E-state index in [1.54, 1.807) is 0 Å². The minimum absolute atomic E-state index is 1.12. The third-order valence-corrected chi connectivity index (χ3v) is 5.51. The number of hydrogen-bond donors (Lipinski definition) is 0. The molecular formula is C28H40. The fourth-order valence-electron chi connectivity index (χ4n) is 3.69. The van der Waals surface area contributed by atoms with Crippen molar-refractivity contribution in [1.29, 1.82) is 0 Å². The van der Waals surface area contributed by atoms with Crippen LogP contribution in [0.15, 0.2) is 54.6 Å². The van der Waals surface area contributed by atoms with Gasteiger partial charge in [0.15, 0.2) is 0 Å². The Labute approximate surface area is 174 Å². The summed E-state index contributed by atoms with van der Waals surface area (Å²) in [5.41, 5.74) is 5.72. The predicted molar refractivity (Wildman–Crippen MR) is 126 cm³/mol. The summed E-state index contributed by atoms with van der Waals surface area (Å²) in [7, 11) is 0. The first-order valence-corrected chi connectivity index (χ1v) is 11.6. The number of allylic oxidation sites excluding steroid dienone is 1. The molecule has 0 N–H and O–H groups in total. The predicted octanol–water partition coefficient (Wildman–Crippen LogP) is 8.58. The lowest BCUT2D eigenvalue weighted by Gasteiger charge is -2.06. The van der Waals surface area contributed by atoms with Crippen molar-refractivity contribution < 1.29 is 0 Å². The van der Waals surface area contributed by atoms with Crippen molar-refractivity contribution in [2.75, 3.05) is 0 Å². The Balaban J connectivity index is 1.70. The molecule has 0 spiro atoms. The molecule has 28 heavy (non-hydrogen) atoms. The van der Waals surface area contributed by atoms with Gasteiger partial charge in [-0.1, -0.05) is 119 Å². The molecule has 0 amide bonds. The van der Waals surface area contributed by atoms with Gasteiger partial charge in [-0.2, -0.15) is 0 Å². The van der Waals surface area contributed by atoms with Gasteiger partial charge in [-0.05, 0) is 54.4 Å². The van der Waals surface area contributed by atoms with E-state index >= 15 is 0 Å². The van der Waals surface area contributed by atoms with E-state index in [0.29, 0.717) is 0 Å². The second kappa shape index (κ2) is 14.2. The van der Waals surface area contributed by atoms with Crippen molar-refractivity contribution in [2.45, 2.75) is 90.9 Å². The normalized spacial score (nSPS) is 11.4. The summed E-state index contributed by atoms with van der Waals surface area (Å²) < 4.78 is 0. The molecule has 2 aromatic rings. The van der Waals surface area contributed by atoms with E-state index in [2.05, 4.69) is 74.5 Å². The Morgan fingerprint density at radius 2 is 1.25 bits per heavy atom. The molecule has 0 aliphatic carbocycles. The van der Waals surface area contributed by atoms with Gasteiger partial charge in [0.1, 0.15) is 0 Å². The number of aryl methyl sites for hydroxylation is 3. The molecule has 152 valence electrons.